The van der Waals surface area contributed by atoms with Crippen LogP contribution in [0.1, 0.15) is 27.0 Å². The zero-order chi connectivity index (χ0) is 21.4. The Morgan fingerprint density at radius 2 is 1.61 bits per heavy atom. The quantitative estimate of drug-likeness (QED) is 0.468. The molecule has 0 N–H and O–H groups in total. The van der Waals surface area contributed by atoms with E-state index in [-0.39, 0.29) is 16.8 Å². The third kappa shape index (κ3) is 3.59. The van der Waals surface area contributed by atoms with Gasteiger partial charge in [-0.2, -0.15) is 0 Å². The van der Waals surface area contributed by atoms with E-state index >= 15 is 0 Å². The molecule has 0 spiro atoms. The molecule has 1 aliphatic heterocycles. The van der Waals surface area contributed by atoms with Gasteiger partial charge in [0.15, 0.2) is 17.3 Å². The minimum absolute atomic E-state index is 0.143. The molecule has 0 radical (unpaired) electrons. The highest BCUT2D eigenvalue weighted by atomic mass is 16.6. The van der Waals surface area contributed by atoms with Crippen LogP contribution in [0.3, 0.4) is 0 Å². The predicted molar refractivity (Wildman–Crippen MR) is 119 cm³/mol. The lowest BCUT2D eigenvalue weighted by atomic mass is 10.0. The van der Waals surface area contributed by atoms with Crippen LogP contribution >= 0.6 is 0 Å². The third-order valence-corrected chi connectivity index (χ3v) is 5.50. The van der Waals surface area contributed by atoms with Crippen molar-refractivity contribution in [1.82, 2.24) is 4.57 Å². The molecule has 154 valence electrons. The molecule has 5 rings (SSSR count). The summed E-state index contributed by atoms with van der Waals surface area (Å²) in [5.74, 6) is 0.850. The van der Waals surface area contributed by atoms with Crippen molar-refractivity contribution in [3.05, 3.63) is 105 Å². The van der Waals surface area contributed by atoms with Crippen molar-refractivity contribution in [3.8, 4) is 11.5 Å². The van der Waals surface area contributed by atoms with E-state index in [9.17, 15) is 9.59 Å². The fourth-order valence-corrected chi connectivity index (χ4v) is 3.86. The summed E-state index contributed by atoms with van der Waals surface area (Å²) in [5.41, 5.74) is 3.16. The smallest absolute Gasteiger partial charge is 0.200 e. The molecule has 0 aliphatic carbocycles. The molecule has 2 heterocycles. The van der Waals surface area contributed by atoms with Crippen LogP contribution in [0, 0.1) is 6.92 Å². The van der Waals surface area contributed by atoms with Gasteiger partial charge < -0.3 is 14.0 Å². The summed E-state index contributed by atoms with van der Waals surface area (Å²) in [5, 5.41) is 0.443. The van der Waals surface area contributed by atoms with Crippen LogP contribution in [0.25, 0.3) is 10.9 Å². The van der Waals surface area contributed by atoms with Gasteiger partial charge in [-0.15, -0.1) is 0 Å². The van der Waals surface area contributed by atoms with Gasteiger partial charge in [0.1, 0.15) is 13.2 Å². The first kappa shape index (κ1) is 19.1. The number of hydrogen-bond donors (Lipinski definition) is 0. The SMILES string of the molecule is Cc1ccc(C(=O)c2cn(Cc3ccccc3)c3cc4c(cc3c2=O)OCCO4)cc1. The van der Waals surface area contributed by atoms with Gasteiger partial charge in [-0.3, -0.25) is 9.59 Å². The van der Waals surface area contributed by atoms with Gasteiger partial charge in [-0.1, -0.05) is 60.2 Å². The summed E-state index contributed by atoms with van der Waals surface area (Å²) in [6, 6.07) is 20.7. The van der Waals surface area contributed by atoms with Crippen molar-refractivity contribution in [2.24, 2.45) is 0 Å². The van der Waals surface area contributed by atoms with Crippen molar-refractivity contribution < 1.29 is 14.3 Å². The molecule has 3 aromatic carbocycles. The summed E-state index contributed by atoms with van der Waals surface area (Å²) in [6.07, 6.45) is 1.66. The highest BCUT2D eigenvalue weighted by molar-refractivity contribution is 6.10. The van der Waals surface area contributed by atoms with Crippen LogP contribution in [-0.4, -0.2) is 23.6 Å². The number of nitrogens with zero attached hydrogens (tertiary/aromatic N) is 1. The maximum Gasteiger partial charge on any atom is 0.200 e. The van der Waals surface area contributed by atoms with Gasteiger partial charge in [0, 0.05) is 24.4 Å². The van der Waals surface area contributed by atoms with Crippen molar-refractivity contribution >= 4 is 16.7 Å². The number of aryl methyl sites for hydroxylation is 1. The number of hydrogen-bond acceptors (Lipinski definition) is 4. The molecule has 0 unspecified atom stereocenters. The van der Waals surface area contributed by atoms with E-state index in [4.69, 9.17) is 9.47 Å². The zero-order valence-corrected chi connectivity index (χ0v) is 17.1. The maximum absolute atomic E-state index is 13.4. The van der Waals surface area contributed by atoms with E-state index in [2.05, 4.69) is 0 Å². The second-order valence-corrected chi connectivity index (χ2v) is 7.69. The van der Waals surface area contributed by atoms with Crippen LogP contribution in [0.15, 0.2) is 77.7 Å². The fraction of sp³-hybridized carbons (Fsp3) is 0.154. The number of aromatic nitrogens is 1. The number of carbonyl (C=O) groups excluding carboxylic acids is 1. The fourth-order valence-electron chi connectivity index (χ4n) is 3.86. The van der Waals surface area contributed by atoms with Crippen LogP contribution in [0.4, 0.5) is 0 Å². The number of benzene rings is 3. The minimum Gasteiger partial charge on any atom is -0.486 e. The van der Waals surface area contributed by atoms with E-state index in [0.717, 1.165) is 11.1 Å². The summed E-state index contributed by atoms with van der Waals surface area (Å²) in [6.45, 7) is 3.37. The molecular weight excluding hydrogens is 390 g/mol. The normalized spacial score (nSPS) is 12.7. The molecule has 0 fully saturated rings. The largest absolute Gasteiger partial charge is 0.486 e. The third-order valence-electron chi connectivity index (χ3n) is 5.50. The number of pyridine rings is 1. The van der Waals surface area contributed by atoms with Gasteiger partial charge in [0.2, 0.25) is 5.43 Å². The van der Waals surface area contributed by atoms with E-state index < -0.39 is 0 Å². The van der Waals surface area contributed by atoms with E-state index in [0.29, 0.717) is 47.7 Å². The van der Waals surface area contributed by atoms with Crippen LogP contribution in [-0.2, 0) is 6.54 Å². The molecule has 5 heteroatoms. The number of ether oxygens (including phenoxy) is 2. The van der Waals surface area contributed by atoms with Crippen LogP contribution in [0.2, 0.25) is 0 Å². The Balaban J connectivity index is 1.72. The topological polar surface area (TPSA) is 57.5 Å². The average molecular weight is 411 g/mol. The van der Waals surface area contributed by atoms with Gasteiger partial charge in [-0.25, -0.2) is 0 Å². The highest BCUT2D eigenvalue weighted by Gasteiger charge is 2.21. The first-order valence-corrected chi connectivity index (χ1v) is 10.2. The number of carbonyl (C=O) groups is 1. The lowest BCUT2D eigenvalue weighted by Gasteiger charge is -2.21. The Hall–Kier alpha value is -3.86. The van der Waals surface area contributed by atoms with Gasteiger partial charge in [0.25, 0.3) is 0 Å². The lowest BCUT2D eigenvalue weighted by Crippen LogP contribution is -2.21. The molecule has 1 aromatic heterocycles. The first-order valence-electron chi connectivity index (χ1n) is 10.2. The van der Waals surface area contributed by atoms with Crippen molar-refractivity contribution in [3.63, 3.8) is 0 Å². The standard InChI is InChI=1S/C26H21NO4/c1-17-7-9-19(10-8-17)25(28)21-16-27(15-18-5-3-2-4-6-18)22-14-24-23(30-11-12-31-24)13-20(22)26(21)29/h2-10,13-14,16H,11-12,15H2,1H3. The Morgan fingerprint density at radius 3 is 2.32 bits per heavy atom. The second kappa shape index (κ2) is 7.76. The highest BCUT2D eigenvalue weighted by Crippen LogP contribution is 2.34. The summed E-state index contributed by atoms with van der Waals surface area (Å²) in [7, 11) is 0. The Morgan fingerprint density at radius 1 is 0.935 bits per heavy atom. The molecule has 31 heavy (non-hydrogen) atoms. The number of fused-ring (bicyclic) bond motifs is 2. The van der Waals surface area contributed by atoms with Crippen LogP contribution < -0.4 is 14.9 Å². The monoisotopic (exact) mass is 411 g/mol. The predicted octanol–water partition coefficient (Wildman–Crippen LogP) is 4.36. The number of rotatable bonds is 4. The summed E-state index contributed by atoms with van der Waals surface area (Å²) >= 11 is 0. The molecule has 5 nitrogen and oxygen atoms in total. The van der Waals surface area contributed by atoms with E-state index in [1.165, 1.54) is 0 Å². The van der Waals surface area contributed by atoms with Crippen molar-refractivity contribution in [1.29, 1.82) is 0 Å². The Labute approximate surface area is 179 Å². The zero-order valence-electron chi connectivity index (χ0n) is 17.1. The summed E-state index contributed by atoms with van der Waals surface area (Å²) < 4.78 is 13.3. The number of ketones is 1. The summed E-state index contributed by atoms with van der Waals surface area (Å²) in [4.78, 5) is 26.6. The molecule has 0 atom stereocenters. The van der Waals surface area contributed by atoms with Crippen LogP contribution in [0.5, 0.6) is 11.5 Å². The molecule has 1 aliphatic rings. The molecular formula is C26H21NO4. The molecule has 4 aromatic rings. The first-order chi connectivity index (χ1) is 15.1. The van der Waals surface area contributed by atoms with E-state index in [1.54, 1.807) is 24.4 Å². The average Bonchev–Trinajstić information content (AvgIpc) is 2.80. The Kier molecular flexibility index (Phi) is 4.79. The Bertz CT molecular complexity index is 1340. The van der Waals surface area contributed by atoms with Gasteiger partial charge in [-0.05, 0) is 18.6 Å². The molecule has 0 saturated heterocycles. The second-order valence-electron chi connectivity index (χ2n) is 7.69. The van der Waals surface area contributed by atoms with Gasteiger partial charge >= 0.3 is 0 Å². The molecule has 0 bridgehead atoms. The van der Waals surface area contributed by atoms with Crippen molar-refractivity contribution in [2.75, 3.05) is 13.2 Å². The lowest BCUT2D eigenvalue weighted by molar-refractivity contribution is 0.103. The minimum atomic E-state index is -0.304. The van der Waals surface area contributed by atoms with Crippen molar-refractivity contribution in [2.45, 2.75) is 13.5 Å². The van der Waals surface area contributed by atoms with Gasteiger partial charge in [0.05, 0.1) is 16.5 Å². The molecule has 0 amide bonds. The maximum atomic E-state index is 13.4. The van der Waals surface area contributed by atoms with E-state index in [1.807, 2.05) is 60.0 Å². The molecule has 0 saturated carbocycles.